The van der Waals surface area contributed by atoms with E-state index in [4.69, 9.17) is 14.0 Å². The number of hydrogen-bond donors (Lipinski definition) is 1. The topological polar surface area (TPSA) is 72.8 Å². The summed E-state index contributed by atoms with van der Waals surface area (Å²) in [6.07, 6.45) is 11.0. The molecule has 0 heterocycles. The zero-order valence-electron chi connectivity index (χ0n) is 15.2. The molecule has 0 aliphatic rings. The van der Waals surface area contributed by atoms with Crippen LogP contribution in [0.15, 0.2) is 0 Å². The molecule has 0 amide bonds. The highest BCUT2D eigenvalue weighted by Gasteiger charge is 2.31. The lowest BCUT2D eigenvalue weighted by Crippen LogP contribution is -2.40. The van der Waals surface area contributed by atoms with Crippen molar-refractivity contribution in [3.8, 4) is 0 Å². The van der Waals surface area contributed by atoms with Crippen molar-refractivity contribution in [1.29, 1.82) is 0 Å². The summed E-state index contributed by atoms with van der Waals surface area (Å²) < 4.78 is 42.8. The maximum absolute atomic E-state index is 11.2. The number of rotatable bonds is 16. The molecule has 1 N–H and O–H groups in total. The lowest BCUT2D eigenvalue weighted by molar-refractivity contribution is -0.211. The van der Waals surface area contributed by atoms with Gasteiger partial charge in [-0.3, -0.25) is 4.55 Å². The maximum atomic E-state index is 11.2. The molecule has 0 fully saturated rings. The van der Waals surface area contributed by atoms with Crippen LogP contribution >= 0.6 is 0 Å². The molecular weight excluding hydrogens is 316 g/mol. The summed E-state index contributed by atoms with van der Waals surface area (Å²) in [5, 5.41) is 0. The van der Waals surface area contributed by atoms with Gasteiger partial charge in [-0.15, -0.1) is 0 Å². The second-order valence-corrected chi connectivity index (χ2v) is 7.84. The predicted octanol–water partition coefficient (Wildman–Crippen LogP) is 4.56. The standard InChI is InChI=1S/C17H36O5S/c1-4-6-8-10-12-14-21-17(3,16-23(18,19)20)22-15-13-11-9-7-5-2/h4-16H2,1-3H3,(H,18,19,20). The first-order chi connectivity index (χ1) is 10.8. The summed E-state index contributed by atoms with van der Waals surface area (Å²) >= 11 is 0. The smallest absolute Gasteiger partial charge is 0.270 e. The largest absolute Gasteiger partial charge is 0.349 e. The lowest BCUT2D eigenvalue weighted by atomic mass is 10.1. The third-order valence-corrected chi connectivity index (χ3v) is 4.64. The van der Waals surface area contributed by atoms with Crippen molar-refractivity contribution in [1.82, 2.24) is 0 Å². The molecule has 140 valence electrons. The van der Waals surface area contributed by atoms with Gasteiger partial charge in [0.05, 0.1) is 13.2 Å². The van der Waals surface area contributed by atoms with Gasteiger partial charge in [-0.2, -0.15) is 8.42 Å². The van der Waals surface area contributed by atoms with E-state index in [2.05, 4.69) is 13.8 Å². The van der Waals surface area contributed by atoms with E-state index in [0.717, 1.165) is 38.5 Å². The molecule has 0 atom stereocenters. The Kier molecular flexibility index (Phi) is 13.1. The Hall–Kier alpha value is -0.170. The average Bonchev–Trinajstić information content (AvgIpc) is 2.44. The van der Waals surface area contributed by atoms with Gasteiger partial charge >= 0.3 is 0 Å². The molecule has 0 aromatic heterocycles. The Morgan fingerprint density at radius 3 is 1.52 bits per heavy atom. The van der Waals surface area contributed by atoms with E-state index in [1.165, 1.54) is 25.7 Å². The van der Waals surface area contributed by atoms with Gasteiger partial charge in [-0.1, -0.05) is 65.2 Å². The van der Waals surface area contributed by atoms with Crippen LogP contribution in [-0.4, -0.2) is 37.7 Å². The SMILES string of the molecule is CCCCCCCOC(C)(CS(=O)(=O)O)OCCCCCCC. The molecular formula is C17H36O5S. The second-order valence-electron chi connectivity index (χ2n) is 6.39. The molecule has 0 aromatic carbocycles. The molecule has 0 bridgehead atoms. The minimum atomic E-state index is -4.13. The van der Waals surface area contributed by atoms with Gasteiger partial charge in [-0.05, 0) is 19.8 Å². The molecule has 0 spiro atoms. The second kappa shape index (κ2) is 13.2. The Morgan fingerprint density at radius 1 is 0.783 bits per heavy atom. The van der Waals surface area contributed by atoms with Crippen LogP contribution in [-0.2, 0) is 19.6 Å². The Balaban J connectivity index is 4.14. The Bertz CT molecular complexity index is 351. The summed E-state index contributed by atoms with van der Waals surface area (Å²) in [6.45, 7) is 6.82. The van der Waals surface area contributed by atoms with Crippen molar-refractivity contribution >= 4 is 10.1 Å². The summed E-state index contributed by atoms with van der Waals surface area (Å²) in [5.41, 5.74) is 0. The Labute approximate surface area is 142 Å². The summed E-state index contributed by atoms with van der Waals surface area (Å²) in [7, 11) is -4.13. The Morgan fingerprint density at radius 2 is 1.17 bits per heavy atom. The molecule has 0 saturated carbocycles. The molecule has 0 aliphatic carbocycles. The van der Waals surface area contributed by atoms with Crippen LogP contribution < -0.4 is 0 Å². The zero-order valence-corrected chi connectivity index (χ0v) is 16.0. The molecule has 0 saturated heterocycles. The molecule has 0 aromatic rings. The minimum Gasteiger partial charge on any atom is -0.349 e. The average molecular weight is 353 g/mol. The van der Waals surface area contributed by atoms with Gasteiger partial charge in [0.15, 0.2) is 5.79 Å². The minimum absolute atomic E-state index is 0.450. The monoisotopic (exact) mass is 352 g/mol. The maximum Gasteiger partial charge on any atom is 0.270 e. The highest BCUT2D eigenvalue weighted by atomic mass is 32.2. The highest BCUT2D eigenvalue weighted by Crippen LogP contribution is 2.18. The third-order valence-electron chi connectivity index (χ3n) is 3.76. The molecule has 0 aliphatic heterocycles. The van der Waals surface area contributed by atoms with Gasteiger partial charge in [0.25, 0.3) is 10.1 Å². The van der Waals surface area contributed by atoms with Crippen molar-refractivity contribution in [2.75, 3.05) is 19.0 Å². The third kappa shape index (κ3) is 15.1. The number of ether oxygens (including phenoxy) is 2. The van der Waals surface area contributed by atoms with Crippen LogP contribution in [0.3, 0.4) is 0 Å². The summed E-state index contributed by atoms with van der Waals surface area (Å²) in [4.78, 5) is 0. The van der Waals surface area contributed by atoms with Crippen molar-refractivity contribution < 1.29 is 22.4 Å². The fourth-order valence-electron chi connectivity index (χ4n) is 2.44. The van der Waals surface area contributed by atoms with E-state index in [1.54, 1.807) is 6.92 Å². The molecule has 23 heavy (non-hydrogen) atoms. The highest BCUT2D eigenvalue weighted by molar-refractivity contribution is 7.85. The van der Waals surface area contributed by atoms with E-state index >= 15 is 0 Å². The van der Waals surface area contributed by atoms with E-state index in [-0.39, 0.29) is 0 Å². The summed E-state index contributed by atoms with van der Waals surface area (Å²) in [6, 6.07) is 0. The predicted molar refractivity (Wildman–Crippen MR) is 94.2 cm³/mol. The van der Waals surface area contributed by atoms with Crippen LogP contribution in [0, 0.1) is 0 Å². The van der Waals surface area contributed by atoms with Crippen LogP contribution in [0.25, 0.3) is 0 Å². The number of hydrogen-bond acceptors (Lipinski definition) is 4. The molecule has 0 rings (SSSR count). The van der Waals surface area contributed by atoms with Crippen molar-refractivity contribution in [2.24, 2.45) is 0 Å². The normalized spacial score (nSPS) is 12.7. The molecule has 6 heteroatoms. The van der Waals surface area contributed by atoms with Gasteiger partial charge in [-0.25, -0.2) is 0 Å². The number of unbranched alkanes of at least 4 members (excludes halogenated alkanes) is 8. The van der Waals surface area contributed by atoms with Crippen LogP contribution in [0.5, 0.6) is 0 Å². The van der Waals surface area contributed by atoms with Gasteiger partial charge in [0.2, 0.25) is 0 Å². The van der Waals surface area contributed by atoms with Crippen LogP contribution in [0.2, 0.25) is 0 Å². The van der Waals surface area contributed by atoms with Gasteiger partial charge in [0.1, 0.15) is 5.75 Å². The van der Waals surface area contributed by atoms with E-state index in [9.17, 15) is 8.42 Å². The quantitative estimate of drug-likeness (QED) is 0.250. The lowest BCUT2D eigenvalue weighted by Gasteiger charge is -2.29. The van der Waals surface area contributed by atoms with E-state index in [0.29, 0.717) is 13.2 Å². The molecule has 0 unspecified atom stereocenters. The summed E-state index contributed by atoms with van der Waals surface area (Å²) in [5.74, 6) is -1.78. The fraction of sp³-hybridized carbons (Fsp3) is 1.00. The van der Waals surface area contributed by atoms with E-state index < -0.39 is 21.7 Å². The molecule has 0 radical (unpaired) electrons. The van der Waals surface area contributed by atoms with Gasteiger partial charge < -0.3 is 9.47 Å². The van der Waals surface area contributed by atoms with Crippen LogP contribution in [0.1, 0.15) is 85.0 Å². The first-order valence-corrected chi connectivity index (χ1v) is 10.7. The van der Waals surface area contributed by atoms with E-state index in [1.807, 2.05) is 0 Å². The van der Waals surface area contributed by atoms with Crippen molar-refractivity contribution in [3.05, 3.63) is 0 Å². The first kappa shape index (κ1) is 22.8. The fourth-order valence-corrected chi connectivity index (χ4v) is 3.27. The van der Waals surface area contributed by atoms with Crippen LogP contribution in [0.4, 0.5) is 0 Å². The van der Waals surface area contributed by atoms with Crippen molar-refractivity contribution in [3.63, 3.8) is 0 Å². The molecule has 5 nitrogen and oxygen atoms in total. The first-order valence-electron chi connectivity index (χ1n) is 9.06. The zero-order chi connectivity index (χ0) is 17.6. The van der Waals surface area contributed by atoms with Crippen molar-refractivity contribution in [2.45, 2.75) is 90.8 Å². The van der Waals surface area contributed by atoms with Gasteiger partial charge in [0, 0.05) is 0 Å².